The van der Waals surface area contributed by atoms with E-state index in [0.29, 0.717) is 6.04 Å². The lowest BCUT2D eigenvalue weighted by Crippen LogP contribution is -2.26. The Bertz CT molecular complexity index is 643. The maximum absolute atomic E-state index is 9.02. The van der Waals surface area contributed by atoms with Gasteiger partial charge in [-0.1, -0.05) is 30.3 Å². The average Bonchev–Trinajstić information content (AvgIpc) is 2.65. The van der Waals surface area contributed by atoms with Crippen molar-refractivity contribution < 1.29 is 0 Å². The second-order valence-corrected chi connectivity index (χ2v) is 5.21. The van der Waals surface area contributed by atoms with Gasteiger partial charge < -0.3 is 5.32 Å². The Morgan fingerprint density at radius 3 is 2.75 bits per heavy atom. The van der Waals surface area contributed by atoms with E-state index in [9.17, 15) is 0 Å². The Morgan fingerprint density at radius 2 is 2.00 bits per heavy atom. The summed E-state index contributed by atoms with van der Waals surface area (Å²) in [5.41, 5.74) is 4.35. The van der Waals surface area contributed by atoms with Crippen molar-refractivity contribution >= 4 is 5.69 Å². The molecule has 2 aromatic carbocycles. The minimum Gasteiger partial charge on any atom is -0.383 e. The number of anilines is 1. The molecule has 1 aliphatic rings. The van der Waals surface area contributed by atoms with Crippen LogP contribution in [0.5, 0.6) is 0 Å². The third-order valence-corrected chi connectivity index (χ3v) is 3.86. The maximum atomic E-state index is 9.02. The summed E-state index contributed by atoms with van der Waals surface area (Å²) < 4.78 is 0. The molecule has 0 saturated heterocycles. The summed E-state index contributed by atoms with van der Waals surface area (Å²) >= 11 is 0. The van der Waals surface area contributed by atoms with E-state index in [1.165, 1.54) is 11.1 Å². The molecule has 100 valence electrons. The zero-order chi connectivity index (χ0) is 13.9. The molecule has 1 heterocycles. The zero-order valence-corrected chi connectivity index (χ0v) is 11.5. The monoisotopic (exact) mass is 263 g/mol. The van der Waals surface area contributed by atoms with E-state index in [1.54, 1.807) is 0 Å². The van der Waals surface area contributed by atoms with E-state index >= 15 is 0 Å². The molecule has 0 radical (unpaired) electrons. The van der Waals surface area contributed by atoms with Crippen molar-refractivity contribution in [2.24, 2.45) is 0 Å². The highest BCUT2D eigenvalue weighted by atomic mass is 15.2. The van der Waals surface area contributed by atoms with Gasteiger partial charge in [0.25, 0.3) is 0 Å². The summed E-state index contributed by atoms with van der Waals surface area (Å²) in [5.74, 6) is 0. The van der Waals surface area contributed by atoms with Crippen LogP contribution < -0.4 is 5.32 Å². The lowest BCUT2D eigenvalue weighted by Gasteiger charge is -2.25. The maximum Gasteiger partial charge on any atom is 0.0991 e. The van der Waals surface area contributed by atoms with Gasteiger partial charge in [0.05, 0.1) is 17.7 Å². The SMILES string of the molecule is CN1Cc2cc(C#N)ccc2NCC1c1ccccc1. The molecule has 0 bridgehead atoms. The fraction of sp³-hybridized carbons (Fsp3) is 0.235. The van der Waals surface area contributed by atoms with Crippen LogP contribution in [0.3, 0.4) is 0 Å². The highest BCUT2D eigenvalue weighted by Gasteiger charge is 2.21. The molecule has 1 atom stereocenters. The average molecular weight is 263 g/mol. The van der Waals surface area contributed by atoms with Crippen molar-refractivity contribution in [1.82, 2.24) is 4.90 Å². The molecule has 20 heavy (non-hydrogen) atoms. The van der Waals surface area contributed by atoms with Gasteiger partial charge in [-0.3, -0.25) is 4.90 Å². The molecule has 0 aromatic heterocycles. The molecule has 0 amide bonds. The van der Waals surface area contributed by atoms with E-state index in [-0.39, 0.29) is 0 Å². The fourth-order valence-electron chi connectivity index (χ4n) is 2.76. The van der Waals surface area contributed by atoms with E-state index in [1.807, 2.05) is 24.3 Å². The Kier molecular flexibility index (Phi) is 3.41. The van der Waals surface area contributed by atoms with E-state index < -0.39 is 0 Å². The highest BCUT2D eigenvalue weighted by Crippen LogP contribution is 2.29. The molecule has 0 saturated carbocycles. The molecule has 0 fully saturated rings. The van der Waals surface area contributed by atoms with Crippen LogP contribution in [0.2, 0.25) is 0 Å². The number of hydrogen-bond donors (Lipinski definition) is 1. The lowest BCUT2D eigenvalue weighted by atomic mass is 10.1. The first-order chi connectivity index (χ1) is 9.78. The third-order valence-electron chi connectivity index (χ3n) is 3.86. The smallest absolute Gasteiger partial charge is 0.0991 e. The largest absolute Gasteiger partial charge is 0.383 e. The first kappa shape index (κ1) is 12.7. The summed E-state index contributed by atoms with van der Waals surface area (Å²) in [4.78, 5) is 2.33. The van der Waals surface area contributed by atoms with E-state index in [2.05, 4.69) is 47.6 Å². The van der Waals surface area contributed by atoms with Crippen molar-refractivity contribution in [3.05, 3.63) is 65.2 Å². The number of nitriles is 1. The Balaban J connectivity index is 1.91. The van der Waals surface area contributed by atoms with Gasteiger partial charge in [-0.25, -0.2) is 0 Å². The van der Waals surface area contributed by atoms with E-state index in [4.69, 9.17) is 5.26 Å². The Morgan fingerprint density at radius 1 is 1.20 bits per heavy atom. The number of benzene rings is 2. The first-order valence-corrected chi connectivity index (χ1v) is 6.80. The molecule has 1 N–H and O–H groups in total. The summed E-state index contributed by atoms with van der Waals surface area (Å²) in [6, 6.07) is 18.9. The number of fused-ring (bicyclic) bond motifs is 1. The second-order valence-electron chi connectivity index (χ2n) is 5.21. The summed E-state index contributed by atoms with van der Waals surface area (Å²) in [5, 5.41) is 12.5. The lowest BCUT2D eigenvalue weighted by molar-refractivity contribution is 0.252. The summed E-state index contributed by atoms with van der Waals surface area (Å²) in [6.07, 6.45) is 0. The second kappa shape index (κ2) is 5.36. The van der Waals surface area contributed by atoms with Crippen LogP contribution >= 0.6 is 0 Å². The molecule has 2 aromatic rings. The minimum absolute atomic E-state index is 0.342. The number of likely N-dealkylation sites (N-methyl/N-ethyl adjacent to an activating group) is 1. The molecule has 3 heteroatoms. The summed E-state index contributed by atoms with van der Waals surface area (Å²) in [7, 11) is 2.13. The molecule has 1 unspecified atom stereocenters. The van der Waals surface area contributed by atoms with Crippen molar-refractivity contribution in [2.75, 3.05) is 18.9 Å². The van der Waals surface area contributed by atoms with Crippen molar-refractivity contribution in [1.29, 1.82) is 5.26 Å². The number of nitrogens with one attached hydrogen (secondary N) is 1. The normalized spacial score (nSPS) is 18.5. The van der Waals surface area contributed by atoms with Gasteiger partial charge in [0.1, 0.15) is 0 Å². The van der Waals surface area contributed by atoms with Crippen LogP contribution in [0.1, 0.15) is 22.7 Å². The predicted molar refractivity (Wildman–Crippen MR) is 80.3 cm³/mol. The molecule has 3 rings (SSSR count). The van der Waals surface area contributed by atoms with Gasteiger partial charge in [-0.15, -0.1) is 0 Å². The van der Waals surface area contributed by atoms with Gasteiger partial charge in [0.15, 0.2) is 0 Å². The third kappa shape index (κ3) is 2.38. The van der Waals surface area contributed by atoms with Crippen LogP contribution in [0.4, 0.5) is 5.69 Å². The van der Waals surface area contributed by atoms with Crippen LogP contribution in [0.15, 0.2) is 48.5 Å². The number of nitrogens with zero attached hydrogens (tertiary/aromatic N) is 2. The van der Waals surface area contributed by atoms with Crippen LogP contribution in [0.25, 0.3) is 0 Å². The van der Waals surface area contributed by atoms with Crippen LogP contribution in [-0.2, 0) is 6.54 Å². The molecule has 0 spiro atoms. The topological polar surface area (TPSA) is 39.1 Å². The molecular weight excluding hydrogens is 246 g/mol. The van der Waals surface area contributed by atoms with Crippen molar-refractivity contribution in [2.45, 2.75) is 12.6 Å². The number of rotatable bonds is 1. The van der Waals surface area contributed by atoms with Gasteiger partial charge >= 0.3 is 0 Å². The Hall–Kier alpha value is -2.31. The van der Waals surface area contributed by atoms with Gasteiger partial charge in [-0.05, 0) is 36.4 Å². The molecule has 3 nitrogen and oxygen atoms in total. The predicted octanol–water partition coefficient (Wildman–Crippen LogP) is 3.16. The van der Waals surface area contributed by atoms with E-state index in [0.717, 1.165) is 24.3 Å². The van der Waals surface area contributed by atoms with Crippen molar-refractivity contribution in [3.8, 4) is 6.07 Å². The quantitative estimate of drug-likeness (QED) is 0.859. The van der Waals surface area contributed by atoms with Gasteiger partial charge in [0.2, 0.25) is 0 Å². The standard InChI is InChI=1S/C17H17N3/c1-20-12-15-9-13(10-18)7-8-16(15)19-11-17(20)14-5-3-2-4-6-14/h2-9,17,19H,11-12H2,1H3. The molecule has 0 aliphatic carbocycles. The highest BCUT2D eigenvalue weighted by molar-refractivity contribution is 5.55. The minimum atomic E-state index is 0.342. The fourth-order valence-corrected chi connectivity index (χ4v) is 2.76. The first-order valence-electron chi connectivity index (χ1n) is 6.80. The van der Waals surface area contributed by atoms with Crippen LogP contribution in [0, 0.1) is 11.3 Å². The van der Waals surface area contributed by atoms with Crippen LogP contribution in [-0.4, -0.2) is 18.5 Å². The zero-order valence-electron chi connectivity index (χ0n) is 11.5. The van der Waals surface area contributed by atoms with Crippen molar-refractivity contribution in [3.63, 3.8) is 0 Å². The molecular formula is C17H17N3. The summed E-state index contributed by atoms with van der Waals surface area (Å²) in [6.45, 7) is 1.72. The van der Waals surface area contributed by atoms with Gasteiger partial charge in [0, 0.05) is 18.8 Å². The molecule has 1 aliphatic heterocycles. The Labute approximate surface area is 119 Å². The number of hydrogen-bond acceptors (Lipinski definition) is 3. The van der Waals surface area contributed by atoms with Gasteiger partial charge in [-0.2, -0.15) is 5.26 Å².